The number of ether oxygens (including phenoxy) is 3. The number of benzene rings is 1. The second-order valence-electron chi connectivity index (χ2n) is 14.1. The molecule has 6 N–H and O–H groups in total. The van der Waals surface area contributed by atoms with Gasteiger partial charge in [0.1, 0.15) is 32.1 Å². The van der Waals surface area contributed by atoms with Gasteiger partial charge in [0.2, 0.25) is 0 Å². The van der Waals surface area contributed by atoms with Crippen molar-refractivity contribution < 1.29 is 46.8 Å². The Bertz CT molecular complexity index is 1120. The van der Waals surface area contributed by atoms with Gasteiger partial charge in [-0.15, -0.1) is 0 Å². The Balaban J connectivity index is 2.41. The quantitative estimate of drug-likeness (QED) is 0.0297. The Morgan fingerprint density at radius 3 is 1.96 bits per heavy atom. The smallest absolute Gasteiger partial charge is 0.472 e. The summed E-state index contributed by atoms with van der Waals surface area (Å²) in [4.78, 5) is 35.2. The zero-order valence-corrected chi connectivity index (χ0v) is 32.9. The number of hydrogen-bond donors (Lipinski definition) is 4. The van der Waals surface area contributed by atoms with E-state index in [1.165, 1.54) is 64.2 Å². The molecule has 296 valence electrons. The molecule has 1 unspecified atom stereocenters. The molecule has 0 fully saturated rings. The molecule has 13 nitrogen and oxygen atoms in total. The Morgan fingerprint density at radius 1 is 0.804 bits per heavy atom. The summed E-state index contributed by atoms with van der Waals surface area (Å²) in [7, 11) is 1.34. The first kappa shape index (κ1) is 46.9. The first-order valence-corrected chi connectivity index (χ1v) is 20.5. The van der Waals surface area contributed by atoms with E-state index in [1.807, 2.05) is 39.3 Å². The molecule has 0 aliphatic rings. The predicted molar refractivity (Wildman–Crippen MR) is 201 cm³/mol. The molecule has 0 bridgehead atoms. The zero-order valence-electron chi connectivity index (χ0n) is 32.0. The average Bonchev–Trinajstić information content (AvgIpc) is 3.08. The fourth-order valence-corrected chi connectivity index (χ4v) is 5.96. The number of nitrogens with one attached hydrogen (secondary N) is 1. The van der Waals surface area contributed by atoms with E-state index in [4.69, 9.17) is 34.7 Å². The molecule has 1 aromatic rings. The lowest BCUT2D eigenvalue weighted by Crippen LogP contribution is -2.37. The van der Waals surface area contributed by atoms with Crippen molar-refractivity contribution >= 4 is 19.8 Å². The number of phosphoric ester groups is 1. The molecule has 0 radical (unpaired) electrons. The fraction of sp³-hybridized carbons (Fsp3) is 0.784. The lowest BCUT2D eigenvalue weighted by atomic mass is 10.0. The van der Waals surface area contributed by atoms with Crippen molar-refractivity contribution in [3.05, 3.63) is 29.3 Å². The third kappa shape index (κ3) is 26.3. The van der Waals surface area contributed by atoms with E-state index in [1.54, 1.807) is 0 Å². The van der Waals surface area contributed by atoms with Crippen molar-refractivity contribution in [3.63, 3.8) is 0 Å². The van der Waals surface area contributed by atoms with E-state index in [0.29, 0.717) is 42.8 Å². The number of unbranched alkanes of at least 4 members (excludes halogenated alkanes) is 13. The zero-order chi connectivity index (χ0) is 37.8. The van der Waals surface area contributed by atoms with Gasteiger partial charge >= 0.3 is 19.8 Å². The van der Waals surface area contributed by atoms with E-state index in [2.05, 4.69) is 12.2 Å². The number of nitrogens with two attached hydrogens (primary N) is 2. The van der Waals surface area contributed by atoms with Crippen LogP contribution in [-0.2, 0) is 45.8 Å². The summed E-state index contributed by atoms with van der Waals surface area (Å²) in [6.07, 6.45) is 16.2. The van der Waals surface area contributed by atoms with Gasteiger partial charge in [0.05, 0.1) is 34.3 Å². The van der Waals surface area contributed by atoms with Gasteiger partial charge in [-0.2, -0.15) is 0 Å². The topological polar surface area (TPSA) is 182 Å². The van der Waals surface area contributed by atoms with E-state index in [0.717, 1.165) is 30.4 Å². The van der Waals surface area contributed by atoms with Crippen LogP contribution in [0.3, 0.4) is 0 Å². The molecule has 14 heteroatoms. The normalized spacial score (nSPS) is 13.5. The summed E-state index contributed by atoms with van der Waals surface area (Å²) >= 11 is 0. The molecule has 0 aliphatic carbocycles. The van der Waals surface area contributed by atoms with Crippen LogP contribution in [0.2, 0.25) is 0 Å². The second-order valence-corrected chi connectivity index (χ2v) is 15.6. The minimum atomic E-state index is -4.43. The van der Waals surface area contributed by atoms with Gasteiger partial charge in [0.15, 0.2) is 6.10 Å². The van der Waals surface area contributed by atoms with Gasteiger partial charge < -0.3 is 40.4 Å². The van der Waals surface area contributed by atoms with Gasteiger partial charge in [0, 0.05) is 26.1 Å². The molecule has 0 saturated heterocycles. The lowest BCUT2D eigenvalue weighted by Gasteiger charge is -2.24. The van der Waals surface area contributed by atoms with E-state index < -0.39 is 32.5 Å². The third-order valence-corrected chi connectivity index (χ3v) is 9.32. The maximum absolute atomic E-state index is 12.6. The van der Waals surface area contributed by atoms with Crippen LogP contribution >= 0.6 is 7.82 Å². The van der Waals surface area contributed by atoms with Gasteiger partial charge in [-0.1, -0.05) is 96.5 Å². The van der Waals surface area contributed by atoms with Crippen molar-refractivity contribution in [1.29, 1.82) is 0 Å². The van der Waals surface area contributed by atoms with E-state index in [9.17, 15) is 19.0 Å². The van der Waals surface area contributed by atoms with Gasteiger partial charge in [-0.05, 0) is 29.7 Å². The maximum atomic E-state index is 12.6. The van der Waals surface area contributed by atoms with Crippen LogP contribution in [0.4, 0.5) is 0 Å². The Labute approximate surface area is 307 Å². The van der Waals surface area contributed by atoms with Crippen LogP contribution in [0.25, 0.3) is 0 Å². The van der Waals surface area contributed by atoms with E-state index >= 15 is 0 Å². The molecule has 0 aliphatic heterocycles. The van der Waals surface area contributed by atoms with Crippen LogP contribution in [0.5, 0.6) is 5.75 Å². The Kier molecular flexibility index (Phi) is 26.1. The van der Waals surface area contributed by atoms with Crippen LogP contribution in [0.15, 0.2) is 18.2 Å². The standard InChI is InChI=1S/C37H69N4O9P/c1-5-6-7-8-9-10-11-12-13-14-15-16-17-18-19-36(42)47-30-35(31-49-51(44,45)48-25-23-41(2,3)4)50-37(43)29-40-22-24-46-34-21-20-32(27-38)33(26-34)28-39/h20-21,26,35,40H,5-19,22-25,27-31,38-39H2,1-4H3/p+1/t35-/m0/s1. The molecular weight excluding hydrogens is 675 g/mol. The highest BCUT2D eigenvalue weighted by Crippen LogP contribution is 2.43. The summed E-state index contributed by atoms with van der Waals surface area (Å²) in [6.45, 7) is 3.11. The fourth-order valence-electron chi connectivity index (χ4n) is 5.22. The first-order chi connectivity index (χ1) is 24.4. The number of hydrogen-bond acceptors (Lipinski definition) is 11. The molecule has 0 heterocycles. The highest BCUT2D eigenvalue weighted by molar-refractivity contribution is 7.47. The monoisotopic (exact) mass is 745 g/mol. The average molecular weight is 746 g/mol. The van der Waals surface area contributed by atoms with Crippen LogP contribution < -0.4 is 21.5 Å². The Hall–Kier alpha value is -2.09. The number of carbonyl (C=O) groups excluding carboxylic acids is 2. The summed E-state index contributed by atoms with van der Waals surface area (Å²) in [5.41, 5.74) is 13.4. The summed E-state index contributed by atoms with van der Waals surface area (Å²) in [5, 5.41) is 2.94. The highest BCUT2D eigenvalue weighted by Gasteiger charge is 2.27. The molecule has 2 atom stereocenters. The van der Waals surface area contributed by atoms with Crippen LogP contribution in [0, 0.1) is 0 Å². The predicted octanol–water partition coefficient (Wildman–Crippen LogP) is 5.74. The number of rotatable bonds is 33. The number of likely N-dealkylation sites (N-methyl/N-ethyl adjacent to an activating group) is 1. The van der Waals surface area contributed by atoms with Gasteiger partial charge in [-0.3, -0.25) is 18.6 Å². The number of nitrogens with zero attached hydrogens (tertiary/aromatic N) is 1. The molecule has 1 aromatic carbocycles. The molecule has 0 amide bonds. The van der Waals surface area contributed by atoms with Gasteiger partial charge in [0.25, 0.3) is 0 Å². The molecule has 0 saturated carbocycles. The molecular formula is C37H70N4O9P+. The number of quaternary nitrogens is 1. The SMILES string of the molecule is CCCCCCCCCCCCCCCCC(=O)OC[C@@H](COP(=O)(O)OCC[N+](C)(C)C)OC(=O)CNCCOc1ccc(CN)c(CN)c1. The lowest BCUT2D eigenvalue weighted by molar-refractivity contribution is -0.870. The first-order valence-electron chi connectivity index (χ1n) is 19.0. The number of phosphoric acid groups is 1. The molecule has 51 heavy (non-hydrogen) atoms. The summed E-state index contributed by atoms with van der Waals surface area (Å²) in [6, 6.07) is 5.53. The number of carbonyl (C=O) groups is 2. The summed E-state index contributed by atoms with van der Waals surface area (Å²) < 4.78 is 39.7. The largest absolute Gasteiger partial charge is 0.492 e. The van der Waals surface area contributed by atoms with Crippen LogP contribution in [-0.4, -0.2) is 94.6 Å². The van der Waals surface area contributed by atoms with Crippen molar-refractivity contribution in [2.75, 3.05) is 67.2 Å². The number of esters is 2. The van der Waals surface area contributed by atoms with Gasteiger partial charge in [-0.25, -0.2) is 4.57 Å². The minimum Gasteiger partial charge on any atom is -0.492 e. The second kappa shape index (κ2) is 28.4. The van der Waals surface area contributed by atoms with Crippen molar-refractivity contribution in [2.45, 2.75) is 122 Å². The molecule has 1 rings (SSSR count). The van der Waals surface area contributed by atoms with E-state index in [-0.39, 0.29) is 32.8 Å². The Morgan fingerprint density at radius 2 is 1.39 bits per heavy atom. The van der Waals surface area contributed by atoms with Crippen molar-refractivity contribution in [1.82, 2.24) is 5.32 Å². The van der Waals surface area contributed by atoms with Crippen LogP contribution in [0.1, 0.15) is 114 Å². The molecule has 0 spiro atoms. The highest BCUT2D eigenvalue weighted by atomic mass is 31.2. The summed E-state index contributed by atoms with van der Waals surface area (Å²) in [5.74, 6) is -0.431. The minimum absolute atomic E-state index is 0.00734. The molecule has 0 aromatic heterocycles. The van der Waals surface area contributed by atoms with Crippen molar-refractivity contribution in [3.8, 4) is 5.75 Å². The third-order valence-electron chi connectivity index (χ3n) is 8.34. The van der Waals surface area contributed by atoms with Crippen molar-refractivity contribution in [2.24, 2.45) is 11.5 Å². The maximum Gasteiger partial charge on any atom is 0.472 e.